The summed E-state index contributed by atoms with van der Waals surface area (Å²) >= 11 is 0. The van der Waals surface area contributed by atoms with Crippen LogP contribution in [0.2, 0.25) is 0 Å². The first-order valence-electron chi connectivity index (χ1n) is 6.04. The summed E-state index contributed by atoms with van der Waals surface area (Å²) < 4.78 is 66.2. The van der Waals surface area contributed by atoms with Crippen LogP contribution < -0.4 is 0 Å². The Bertz CT molecular complexity index is 1020. The molecule has 0 atom stereocenters. The van der Waals surface area contributed by atoms with Crippen LogP contribution in [0.15, 0.2) is 58.3 Å². The molecule has 22 heavy (non-hydrogen) atoms. The molecule has 0 aliphatic heterocycles. The van der Waals surface area contributed by atoms with Crippen molar-refractivity contribution in [3.63, 3.8) is 0 Å². The first-order valence-corrected chi connectivity index (χ1v) is 8.86. The van der Waals surface area contributed by atoms with Gasteiger partial charge in [-0.25, -0.2) is 16.8 Å². The van der Waals surface area contributed by atoms with Crippen molar-refractivity contribution in [3.05, 3.63) is 48.5 Å². The van der Waals surface area contributed by atoms with Gasteiger partial charge in [0, 0.05) is 0 Å². The molecule has 0 spiro atoms. The zero-order chi connectivity index (χ0) is 16.1. The standard InChI is InChI=1S/C14H10O6S2/c15-21(16,17)13-3-1-9-5-12-8-14(22(18,19)20)4-2-10(12)6-11(9)7-13/h1-8H,(H,15,16,17)(H,18,19,20)/p-2. The molecule has 0 heterocycles. The van der Waals surface area contributed by atoms with E-state index in [2.05, 4.69) is 0 Å². The first kappa shape index (κ1) is 14.9. The molecule has 114 valence electrons. The lowest BCUT2D eigenvalue weighted by atomic mass is 10.0. The van der Waals surface area contributed by atoms with Crippen molar-refractivity contribution >= 4 is 41.8 Å². The van der Waals surface area contributed by atoms with Gasteiger partial charge in [0.25, 0.3) is 0 Å². The second-order valence-corrected chi connectivity index (χ2v) is 7.54. The van der Waals surface area contributed by atoms with Crippen molar-refractivity contribution in [3.8, 4) is 0 Å². The van der Waals surface area contributed by atoms with E-state index in [-0.39, 0.29) is 9.79 Å². The summed E-state index contributed by atoms with van der Waals surface area (Å²) in [5, 5.41) is 2.31. The van der Waals surface area contributed by atoms with Crippen LogP contribution in [0.1, 0.15) is 0 Å². The summed E-state index contributed by atoms with van der Waals surface area (Å²) in [5.41, 5.74) is 0. The molecule has 0 bridgehead atoms. The average molecular weight is 336 g/mol. The maximum atomic E-state index is 11.0. The Hall–Kier alpha value is -2.00. The fourth-order valence-electron chi connectivity index (χ4n) is 2.26. The summed E-state index contributed by atoms with van der Waals surface area (Å²) in [6.45, 7) is 0. The van der Waals surface area contributed by atoms with Crippen molar-refractivity contribution in [1.82, 2.24) is 0 Å². The number of hydrogen-bond donors (Lipinski definition) is 0. The third-order valence-corrected chi connectivity index (χ3v) is 4.98. The highest BCUT2D eigenvalue weighted by Gasteiger charge is 2.06. The highest BCUT2D eigenvalue weighted by Crippen LogP contribution is 2.27. The summed E-state index contributed by atoms with van der Waals surface area (Å²) in [6, 6.07) is 11.1. The van der Waals surface area contributed by atoms with Gasteiger partial charge in [-0.1, -0.05) is 12.1 Å². The van der Waals surface area contributed by atoms with Crippen LogP contribution in [0.3, 0.4) is 0 Å². The minimum absolute atomic E-state index is 0.335. The van der Waals surface area contributed by atoms with Gasteiger partial charge < -0.3 is 9.11 Å². The zero-order valence-electron chi connectivity index (χ0n) is 10.9. The molecule has 3 aromatic rings. The van der Waals surface area contributed by atoms with Gasteiger partial charge in [0.05, 0.1) is 9.79 Å². The second kappa shape index (κ2) is 4.75. The normalized spacial score (nSPS) is 12.8. The zero-order valence-corrected chi connectivity index (χ0v) is 12.5. The predicted molar refractivity (Wildman–Crippen MR) is 77.4 cm³/mol. The summed E-state index contributed by atoms with van der Waals surface area (Å²) in [5.74, 6) is 0. The van der Waals surface area contributed by atoms with Crippen molar-refractivity contribution in [1.29, 1.82) is 0 Å². The Morgan fingerprint density at radius 1 is 0.545 bits per heavy atom. The smallest absolute Gasteiger partial charge is 0.124 e. The van der Waals surface area contributed by atoms with Gasteiger partial charge in [0.2, 0.25) is 0 Å². The number of fused-ring (bicyclic) bond motifs is 2. The lowest BCUT2D eigenvalue weighted by Gasteiger charge is -2.11. The van der Waals surface area contributed by atoms with Crippen molar-refractivity contribution in [2.24, 2.45) is 0 Å². The third kappa shape index (κ3) is 2.69. The molecular formula is C14H8O6S2-2. The molecule has 0 unspecified atom stereocenters. The fraction of sp³-hybridized carbons (Fsp3) is 0. The maximum absolute atomic E-state index is 11.0. The number of hydrogen-bond acceptors (Lipinski definition) is 6. The van der Waals surface area contributed by atoms with Crippen LogP contribution >= 0.6 is 0 Å². The van der Waals surface area contributed by atoms with Gasteiger partial charge in [-0.2, -0.15) is 0 Å². The van der Waals surface area contributed by atoms with Crippen LogP contribution in [-0.2, 0) is 20.2 Å². The van der Waals surface area contributed by atoms with Crippen LogP contribution in [0.5, 0.6) is 0 Å². The van der Waals surface area contributed by atoms with Gasteiger partial charge in [-0.15, -0.1) is 0 Å². The monoisotopic (exact) mass is 336 g/mol. The summed E-state index contributed by atoms with van der Waals surface area (Å²) in [6.07, 6.45) is 0. The Balaban J connectivity index is 2.31. The molecule has 0 radical (unpaired) electrons. The van der Waals surface area contributed by atoms with Gasteiger partial charge in [0.1, 0.15) is 20.2 Å². The van der Waals surface area contributed by atoms with Crippen LogP contribution in [0.4, 0.5) is 0 Å². The van der Waals surface area contributed by atoms with Crippen LogP contribution in [-0.4, -0.2) is 25.9 Å². The lowest BCUT2D eigenvalue weighted by molar-refractivity contribution is 0.461. The molecule has 0 N–H and O–H groups in total. The fourth-order valence-corrected chi connectivity index (χ4v) is 3.28. The highest BCUT2D eigenvalue weighted by atomic mass is 32.2. The summed E-state index contributed by atoms with van der Waals surface area (Å²) in [7, 11) is -9.09. The van der Waals surface area contributed by atoms with Gasteiger partial charge >= 0.3 is 0 Å². The van der Waals surface area contributed by atoms with Gasteiger partial charge in [0.15, 0.2) is 0 Å². The van der Waals surface area contributed by atoms with Crippen molar-refractivity contribution in [2.45, 2.75) is 9.79 Å². The van der Waals surface area contributed by atoms with E-state index in [1.54, 1.807) is 12.1 Å². The molecular weight excluding hydrogens is 328 g/mol. The molecule has 6 nitrogen and oxygen atoms in total. The molecule has 0 saturated heterocycles. The van der Waals surface area contributed by atoms with E-state index in [1.165, 1.54) is 36.4 Å². The van der Waals surface area contributed by atoms with Gasteiger partial charge in [-0.3, -0.25) is 0 Å². The van der Waals surface area contributed by atoms with Crippen molar-refractivity contribution < 1.29 is 25.9 Å². The average Bonchev–Trinajstić information content (AvgIpc) is 2.41. The van der Waals surface area contributed by atoms with E-state index in [4.69, 9.17) is 0 Å². The van der Waals surface area contributed by atoms with Crippen LogP contribution in [0, 0.1) is 0 Å². The first-order chi connectivity index (χ1) is 10.1. The number of benzene rings is 3. The molecule has 0 saturated carbocycles. The SMILES string of the molecule is O=S(=O)([O-])c1ccc2cc3cc(S(=O)(=O)[O-])ccc3cc2c1. The molecule has 3 rings (SSSR count). The summed E-state index contributed by atoms with van der Waals surface area (Å²) in [4.78, 5) is -0.670. The largest absolute Gasteiger partial charge is 0.744 e. The molecule has 0 amide bonds. The van der Waals surface area contributed by atoms with E-state index >= 15 is 0 Å². The lowest BCUT2D eigenvalue weighted by Crippen LogP contribution is -1.98. The minimum Gasteiger partial charge on any atom is -0.744 e. The Morgan fingerprint density at radius 2 is 0.909 bits per heavy atom. The minimum atomic E-state index is -4.54. The highest BCUT2D eigenvalue weighted by molar-refractivity contribution is 7.86. The molecule has 3 aromatic carbocycles. The molecule has 0 aliphatic carbocycles. The van der Waals surface area contributed by atoms with E-state index in [1.807, 2.05) is 0 Å². The van der Waals surface area contributed by atoms with E-state index < -0.39 is 20.2 Å². The molecule has 0 aliphatic rings. The predicted octanol–water partition coefficient (Wildman–Crippen LogP) is 1.80. The molecule has 0 fully saturated rings. The Kier molecular flexibility index (Phi) is 3.22. The molecule has 0 aromatic heterocycles. The maximum Gasteiger partial charge on any atom is 0.124 e. The second-order valence-electron chi connectivity index (χ2n) is 4.78. The van der Waals surface area contributed by atoms with E-state index in [0.717, 1.165) is 0 Å². The Labute approximate surface area is 126 Å². The van der Waals surface area contributed by atoms with Gasteiger partial charge in [-0.05, 0) is 57.9 Å². The van der Waals surface area contributed by atoms with Crippen LogP contribution in [0.25, 0.3) is 21.5 Å². The van der Waals surface area contributed by atoms with E-state index in [9.17, 15) is 25.9 Å². The molecule has 8 heteroatoms. The van der Waals surface area contributed by atoms with Crippen molar-refractivity contribution in [2.75, 3.05) is 0 Å². The Morgan fingerprint density at radius 3 is 1.23 bits per heavy atom. The topological polar surface area (TPSA) is 114 Å². The quantitative estimate of drug-likeness (QED) is 0.520. The van der Waals surface area contributed by atoms with E-state index in [0.29, 0.717) is 21.5 Å². The number of rotatable bonds is 2. The third-order valence-electron chi connectivity index (χ3n) is 3.32.